The summed E-state index contributed by atoms with van der Waals surface area (Å²) in [5, 5.41) is 3.15. The van der Waals surface area contributed by atoms with Gasteiger partial charge in [-0.3, -0.25) is 0 Å². The van der Waals surface area contributed by atoms with Gasteiger partial charge in [0, 0.05) is 23.5 Å². The fraction of sp³-hybridized carbons (Fsp3) is 0.357. The molecule has 96 valence electrons. The second-order valence-electron chi connectivity index (χ2n) is 4.42. The van der Waals surface area contributed by atoms with Crippen LogP contribution < -0.4 is 10.5 Å². The van der Waals surface area contributed by atoms with Crippen LogP contribution in [-0.4, -0.2) is 12.1 Å². The second kappa shape index (κ2) is 5.50. The molecule has 1 atom stereocenters. The Morgan fingerprint density at radius 1 is 1.39 bits per heavy atom. The summed E-state index contributed by atoms with van der Waals surface area (Å²) >= 11 is 1.67. The molecule has 0 fully saturated rings. The summed E-state index contributed by atoms with van der Waals surface area (Å²) in [6.07, 6.45) is 0.783. The highest BCUT2D eigenvalue weighted by Gasteiger charge is 2.12. The van der Waals surface area contributed by atoms with E-state index in [1.807, 2.05) is 25.1 Å². The van der Waals surface area contributed by atoms with Gasteiger partial charge in [-0.25, -0.2) is 4.98 Å². The molecule has 0 aliphatic carbocycles. The maximum Gasteiger partial charge on any atom is 0.119 e. The van der Waals surface area contributed by atoms with Gasteiger partial charge in [0.05, 0.1) is 12.1 Å². The number of hydrogen-bond donors (Lipinski definition) is 1. The lowest BCUT2D eigenvalue weighted by molar-refractivity contribution is 0.414. The molecule has 4 heteroatoms. The first-order chi connectivity index (χ1) is 8.60. The summed E-state index contributed by atoms with van der Waals surface area (Å²) in [4.78, 5) is 4.45. The van der Waals surface area contributed by atoms with Crippen molar-refractivity contribution >= 4 is 11.3 Å². The van der Waals surface area contributed by atoms with Crippen molar-refractivity contribution in [2.45, 2.75) is 26.3 Å². The first kappa shape index (κ1) is 13.1. The van der Waals surface area contributed by atoms with Gasteiger partial charge in [0.15, 0.2) is 0 Å². The minimum Gasteiger partial charge on any atom is -0.497 e. The Labute approximate surface area is 112 Å². The molecule has 0 saturated carbocycles. The highest BCUT2D eigenvalue weighted by atomic mass is 32.1. The molecular formula is C14H18N2OS. The van der Waals surface area contributed by atoms with Crippen LogP contribution >= 0.6 is 11.3 Å². The first-order valence-electron chi connectivity index (χ1n) is 5.91. The molecule has 0 spiro atoms. The predicted molar refractivity (Wildman–Crippen MR) is 75.2 cm³/mol. The number of hydrogen-bond acceptors (Lipinski definition) is 4. The van der Waals surface area contributed by atoms with E-state index >= 15 is 0 Å². The highest BCUT2D eigenvalue weighted by molar-refractivity contribution is 7.09. The molecule has 0 amide bonds. The molecule has 1 aromatic heterocycles. The van der Waals surface area contributed by atoms with Crippen LogP contribution in [0.3, 0.4) is 0 Å². The molecule has 2 N–H and O–H groups in total. The summed E-state index contributed by atoms with van der Waals surface area (Å²) in [5.74, 6) is 0.869. The summed E-state index contributed by atoms with van der Waals surface area (Å²) < 4.78 is 5.20. The molecule has 0 bridgehead atoms. The molecule has 2 rings (SSSR count). The van der Waals surface area contributed by atoms with Gasteiger partial charge in [-0.1, -0.05) is 6.07 Å². The van der Waals surface area contributed by atoms with E-state index in [0.717, 1.165) is 34.0 Å². The SMILES string of the molecule is COc1ccc(C(N)Cc2nc(C)cs2)c(C)c1. The Bertz CT molecular complexity index is 536. The normalized spacial score (nSPS) is 12.4. The molecule has 0 aliphatic rings. The molecule has 1 unspecified atom stereocenters. The molecule has 2 aromatic rings. The van der Waals surface area contributed by atoms with E-state index in [-0.39, 0.29) is 6.04 Å². The van der Waals surface area contributed by atoms with Crippen LogP contribution in [-0.2, 0) is 6.42 Å². The van der Waals surface area contributed by atoms with Gasteiger partial charge in [0.2, 0.25) is 0 Å². The van der Waals surface area contributed by atoms with Crippen molar-refractivity contribution < 1.29 is 4.74 Å². The number of rotatable bonds is 4. The third-order valence-corrected chi connectivity index (χ3v) is 3.93. The summed E-state index contributed by atoms with van der Waals surface area (Å²) in [5.41, 5.74) is 9.64. The van der Waals surface area contributed by atoms with Gasteiger partial charge in [-0.15, -0.1) is 11.3 Å². The van der Waals surface area contributed by atoms with E-state index in [1.54, 1.807) is 18.4 Å². The Morgan fingerprint density at radius 3 is 2.72 bits per heavy atom. The van der Waals surface area contributed by atoms with Crippen LogP contribution in [0.15, 0.2) is 23.6 Å². The number of nitrogens with zero attached hydrogens (tertiary/aromatic N) is 1. The van der Waals surface area contributed by atoms with Crippen molar-refractivity contribution in [1.82, 2.24) is 4.98 Å². The van der Waals surface area contributed by atoms with Crippen molar-refractivity contribution in [3.05, 3.63) is 45.4 Å². The summed E-state index contributed by atoms with van der Waals surface area (Å²) in [7, 11) is 1.67. The van der Waals surface area contributed by atoms with Crippen molar-refractivity contribution in [1.29, 1.82) is 0 Å². The van der Waals surface area contributed by atoms with E-state index in [1.165, 1.54) is 0 Å². The van der Waals surface area contributed by atoms with Crippen LogP contribution in [0.25, 0.3) is 0 Å². The maximum atomic E-state index is 6.25. The van der Waals surface area contributed by atoms with Crippen LogP contribution in [0.1, 0.15) is 27.9 Å². The monoisotopic (exact) mass is 262 g/mol. The minimum atomic E-state index is -0.0125. The van der Waals surface area contributed by atoms with E-state index in [2.05, 4.69) is 17.3 Å². The number of aryl methyl sites for hydroxylation is 2. The lowest BCUT2D eigenvalue weighted by Crippen LogP contribution is -2.14. The van der Waals surface area contributed by atoms with Gasteiger partial charge in [0.25, 0.3) is 0 Å². The van der Waals surface area contributed by atoms with Crippen LogP contribution in [0.2, 0.25) is 0 Å². The van der Waals surface area contributed by atoms with Gasteiger partial charge in [-0.2, -0.15) is 0 Å². The fourth-order valence-electron chi connectivity index (χ4n) is 1.99. The van der Waals surface area contributed by atoms with E-state index in [0.29, 0.717) is 0 Å². The van der Waals surface area contributed by atoms with Gasteiger partial charge >= 0.3 is 0 Å². The molecule has 1 aromatic carbocycles. The second-order valence-corrected chi connectivity index (χ2v) is 5.36. The number of benzene rings is 1. The molecule has 1 heterocycles. The molecule has 18 heavy (non-hydrogen) atoms. The average molecular weight is 262 g/mol. The number of thiazole rings is 1. The number of ether oxygens (including phenoxy) is 1. The lowest BCUT2D eigenvalue weighted by atomic mass is 9.99. The Kier molecular flexibility index (Phi) is 3.99. The largest absolute Gasteiger partial charge is 0.497 e. The van der Waals surface area contributed by atoms with Crippen molar-refractivity contribution in [2.24, 2.45) is 5.73 Å². The minimum absolute atomic E-state index is 0.0125. The smallest absolute Gasteiger partial charge is 0.119 e. The van der Waals surface area contributed by atoms with Crippen molar-refractivity contribution in [2.75, 3.05) is 7.11 Å². The number of aromatic nitrogens is 1. The Morgan fingerprint density at radius 2 is 2.17 bits per heavy atom. The zero-order valence-corrected chi connectivity index (χ0v) is 11.8. The van der Waals surface area contributed by atoms with E-state index in [9.17, 15) is 0 Å². The van der Waals surface area contributed by atoms with Gasteiger partial charge in [-0.05, 0) is 37.1 Å². The first-order valence-corrected chi connectivity index (χ1v) is 6.79. The van der Waals surface area contributed by atoms with Crippen molar-refractivity contribution in [3.8, 4) is 5.75 Å². The predicted octanol–water partition coefficient (Wildman–Crippen LogP) is 3.01. The topological polar surface area (TPSA) is 48.1 Å². The quantitative estimate of drug-likeness (QED) is 0.921. The lowest BCUT2D eigenvalue weighted by Gasteiger charge is -2.14. The summed E-state index contributed by atoms with van der Waals surface area (Å²) in [6, 6.07) is 6.00. The Hall–Kier alpha value is -1.39. The molecule has 0 saturated heterocycles. The summed E-state index contributed by atoms with van der Waals surface area (Å²) in [6.45, 7) is 4.06. The van der Waals surface area contributed by atoms with E-state index < -0.39 is 0 Å². The molecule has 0 aliphatic heterocycles. The number of methoxy groups -OCH3 is 1. The fourth-order valence-corrected chi connectivity index (χ4v) is 2.82. The van der Waals surface area contributed by atoms with E-state index in [4.69, 9.17) is 10.5 Å². The van der Waals surface area contributed by atoms with Crippen LogP contribution in [0, 0.1) is 13.8 Å². The average Bonchev–Trinajstić information content (AvgIpc) is 2.74. The maximum absolute atomic E-state index is 6.25. The van der Waals surface area contributed by atoms with Gasteiger partial charge in [0.1, 0.15) is 5.75 Å². The highest BCUT2D eigenvalue weighted by Crippen LogP contribution is 2.24. The third-order valence-electron chi connectivity index (χ3n) is 2.94. The number of nitrogens with two attached hydrogens (primary N) is 1. The third kappa shape index (κ3) is 2.89. The zero-order valence-electron chi connectivity index (χ0n) is 10.9. The van der Waals surface area contributed by atoms with Crippen LogP contribution in [0.5, 0.6) is 5.75 Å². The molecule has 3 nitrogen and oxygen atoms in total. The van der Waals surface area contributed by atoms with Crippen molar-refractivity contribution in [3.63, 3.8) is 0 Å². The Balaban J connectivity index is 2.15. The zero-order chi connectivity index (χ0) is 13.1. The molecular weight excluding hydrogens is 244 g/mol. The standard InChI is InChI=1S/C14H18N2OS/c1-9-6-11(17-3)4-5-12(9)13(15)7-14-16-10(2)8-18-14/h4-6,8,13H,7,15H2,1-3H3. The van der Waals surface area contributed by atoms with Crippen LogP contribution in [0.4, 0.5) is 0 Å². The van der Waals surface area contributed by atoms with Gasteiger partial charge < -0.3 is 10.5 Å². The molecule has 0 radical (unpaired) electrons.